The highest BCUT2D eigenvalue weighted by molar-refractivity contribution is 5.83. The number of carbonyl (C=O) groups excluding carboxylic acids is 2. The van der Waals surface area contributed by atoms with Gasteiger partial charge in [0.15, 0.2) is 0 Å². The zero-order valence-electron chi connectivity index (χ0n) is 11.3. The van der Waals surface area contributed by atoms with Crippen molar-refractivity contribution in [2.24, 2.45) is 0 Å². The van der Waals surface area contributed by atoms with Gasteiger partial charge in [-0.25, -0.2) is 0 Å². The fourth-order valence-corrected chi connectivity index (χ4v) is 2.82. The summed E-state index contributed by atoms with van der Waals surface area (Å²) >= 11 is 0. The van der Waals surface area contributed by atoms with Crippen molar-refractivity contribution in [3.8, 4) is 0 Å². The van der Waals surface area contributed by atoms with E-state index in [0.717, 1.165) is 19.4 Å². The molecule has 2 amide bonds. The van der Waals surface area contributed by atoms with Crippen LogP contribution < -0.4 is 16.0 Å². The molecule has 106 valence electrons. The lowest BCUT2D eigenvalue weighted by atomic mass is 9.95. The van der Waals surface area contributed by atoms with Crippen molar-refractivity contribution in [1.29, 1.82) is 0 Å². The summed E-state index contributed by atoms with van der Waals surface area (Å²) in [5.41, 5.74) is 2.50. The zero-order chi connectivity index (χ0) is 13.9. The topological polar surface area (TPSA) is 70.2 Å². The summed E-state index contributed by atoms with van der Waals surface area (Å²) in [7, 11) is 0. The van der Waals surface area contributed by atoms with Crippen LogP contribution in [0.2, 0.25) is 0 Å². The molecule has 5 heteroatoms. The normalized spacial score (nSPS) is 24.9. The second-order valence-corrected chi connectivity index (χ2v) is 5.45. The minimum Gasteiger partial charge on any atom is -0.353 e. The van der Waals surface area contributed by atoms with Crippen molar-refractivity contribution >= 4 is 11.8 Å². The second-order valence-electron chi connectivity index (χ2n) is 5.45. The monoisotopic (exact) mass is 273 g/mol. The third-order valence-corrected chi connectivity index (χ3v) is 4.01. The molecule has 2 heterocycles. The summed E-state index contributed by atoms with van der Waals surface area (Å²) in [6.07, 6.45) is 2.09. The highest BCUT2D eigenvalue weighted by Gasteiger charge is 2.26. The Labute approximate surface area is 118 Å². The molecule has 0 saturated carbocycles. The molecule has 0 aromatic heterocycles. The summed E-state index contributed by atoms with van der Waals surface area (Å²) in [5.74, 6) is 0.0922. The Kier molecular flexibility index (Phi) is 3.69. The van der Waals surface area contributed by atoms with Gasteiger partial charge in [0.1, 0.15) is 0 Å². The first-order valence-corrected chi connectivity index (χ1v) is 7.09. The number of amides is 2. The number of carbonyl (C=O) groups is 2. The van der Waals surface area contributed by atoms with Gasteiger partial charge in [-0.15, -0.1) is 0 Å². The molecule has 1 saturated heterocycles. The van der Waals surface area contributed by atoms with Crippen molar-refractivity contribution in [3.05, 3.63) is 35.4 Å². The van der Waals surface area contributed by atoms with Crippen LogP contribution in [0, 0.1) is 0 Å². The highest BCUT2D eigenvalue weighted by Crippen LogP contribution is 2.16. The van der Waals surface area contributed by atoms with Crippen LogP contribution in [0.1, 0.15) is 24.0 Å². The minimum atomic E-state index is -0.179. The average molecular weight is 273 g/mol. The van der Waals surface area contributed by atoms with E-state index in [2.05, 4.69) is 28.1 Å². The van der Waals surface area contributed by atoms with Crippen molar-refractivity contribution in [3.63, 3.8) is 0 Å². The van der Waals surface area contributed by atoms with Crippen LogP contribution in [0.5, 0.6) is 0 Å². The molecule has 20 heavy (non-hydrogen) atoms. The molecule has 0 aliphatic carbocycles. The average Bonchev–Trinajstić information content (AvgIpc) is 2.90. The largest absolute Gasteiger partial charge is 0.353 e. The second kappa shape index (κ2) is 5.63. The molecule has 1 unspecified atom stereocenters. The Balaban J connectivity index is 1.52. The molecule has 0 bridgehead atoms. The first-order chi connectivity index (χ1) is 9.72. The van der Waals surface area contributed by atoms with Crippen LogP contribution in [0.4, 0.5) is 0 Å². The molecule has 1 aromatic carbocycles. The van der Waals surface area contributed by atoms with Gasteiger partial charge in [0.05, 0.1) is 6.04 Å². The molecule has 1 fully saturated rings. The van der Waals surface area contributed by atoms with Crippen LogP contribution in [-0.4, -0.2) is 30.4 Å². The van der Waals surface area contributed by atoms with Gasteiger partial charge in [-0.2, -0.15) is 0 Å². The number of rotatable bonds is 3. The molecule has 1 aromatic rings. The van der Waals surface area contributed by atoms with Crippen LogP contribution in [0.25, 0.3) is 0 Å². The quantitative estimate of drug-likeness (QED) is 0.731. The van der Waals surface area contributed by atoms with Crippen molar-refractivity contribution in [2.45, 2.75) is 37.9 Å². The fourth-order valence-electron chi connectivity index (χ4n) is 2.82. The third kappa shape index (κ3) is 2.82. The van der Waals surface area contributed by atoms with Gasteiger partial charge in [0.2, 0.25) is 11.8 Å². The van der Waals surface area contributed by atoms with E-state index in [1.165, 1.54) is 11.1 Å². The molecule has 2 aliphatic heterocycles. The lowest BCUT2D eigenvalue weighted by Crippen LogP contribution is -2.50. The molecule has 2 atom stereocenters. The molecular formula is C15H19N3O2. The zero-order valence-corrected chi connectivity index (χ0v) is 11.3. The van der Waals surface area contributed by atoms with Gasteiger partial charge in [0, 0.05) is 25.6 Å². The van der Waals surface area contributed by atoms with E-state index >= 15 is 0 Å². The van der Waals surface area contributed by atoms with Gasteiger partial charge in [-0.05, 0) is 24.0 Å². The minimum absolute atomic E-state index is 0.0145. The number of nitrogens with one attached hydrogen (secondary N) is 3. The fraction of sp³-hybridized carbons (Fsp3) is 0.467. The maximum absolute atomic E-state index is 12.2. The highest BCUT2D eigenvalue weighted by atomic mass is 16.2. The van der Waals surface area contributed by atoms with Crippen molar-refractivity contribution < 1.29 is 9.59 Å². The Morgan fingerprint density at radius 2 is 2.10 bits per heavy atom. The number of hydrogen-bond donors (Lipinski definition) is 3. The molecule has 0 spiro atoms. The van der Waals surface area contributed by atoms with Crippen LogP contribution in [0.3, 0.4) is 0 Å². The summed E-state index contributed by atoms with van der Waals surface area (Å²) < 4.78 is 0. The lowest BCUT2D eigenvalue weighted by molar-refractivity contribution is -0.124. The molecule has 3 N–H and O–H groups in total. The molecular weight excluding hydrogens is 254 g/mol. The Morgan fingerprint density at radius 1 is 1.30 bits per heavy atom. The number of fused-ring (bicyclic) bond motifs is 1. The lowest BCUT2D eigenvalue weighted by Gasteiger charge is -2.25. The summed E-state index contributed by atoms with van der Waals surface area (Å²) in [6.45, 7) is 1.25. The maximum Gasteiger partial charge on any atom is 0.237 e. The Hall–Kier alpha value is -1.88. The van der Waals surface area contributed by atoms with Crippen LogP contribution in [0.15, 0.2) is 24.3 Å². The predicted molar refractivity (Wildman–Crippen MR) is 74.9 cm³/mol. The van der Waals surface area contributed by atoms with Crippen molar-refractivity contribution in [2.75, 3.05) is 6.54 Å². The number of hydrogen-bond acceptors (Lipinski definition) is 3. The third-order valence-electron chi connectivity index (χ3n) is 4.01. The number of benzene rings is 1. The Morgan fingerprint density at radius 3 is 2.85 bits per heavy atom. The Bertz CT molecular complexity index is 530. The van der Waals surface area contributed by atoms with E-state index in [9.17, 15) is 9.59 Å². The standard InChI is InChI=1S/C15H19N3O2/c19-14-6-5-12(18-14)9-17-15(20)13-7-10-3-1-2-4-11(10)8-16-13/h1-4,12-13,16H,5-9H2,(H,17,20)(H,18,19)/t12?,13-/m0/s1. The van der Waals surface area contributed by atoms with Gasteiger partial charge in [0.25, 0.3) is 0 Å². The van der Waals surface area contributed by atoms with Crippen LogP contribution >= 0.6 is 0 Å². The summed E-state index contributed by atoms with van der Waals surface area (Å²) in [5, 5.41) is 9.04. The summed E-state index contributed by atoms with van der Waals surface area (Å²) in [4.78, 5) is 23.3. The van der Waals surface area contributed by atoms with E-state index < -0.39 is 0 Å². The van der Waals surface area contributed by atoms with Gasteiger partial charge >= 0.3 is 0 Å². The van der Waals surface area contributed by atoms with Gasteiger partial charge < -0.3 is 16.0 Å². The van der Waals surface area contributed by atoms with E-state index in [0.29, 0.717) is 13.0 Å². The van der Waals surface area contributed by atoms with Gasteiger partial charge in [-0.1, -0.05) is 24.3 Å². The van der Waals surface area contributed by atoms with E-state index in [-0.39, 0.29) is 23.9 Å². The van der Waals surface area contributed by atoms with E-state index in [1.54, 1.807) is 0 Å². The predicted octanol–water partition coefficient (Wildman–Crippen LogP) is 0.0957. The first-order valence-electron chi connectivity index (χ1n) is 7.09. The molecule has 5 nitrogen and oxygen atoms in total. The van der Waals surface area contributed by atoms with E-state index in [4.69, 9.17) is 0 Å². The molecule has 3 rings (SSSR count). The molecule has 2 aliphatic rings. The molecule has 0 radical (unpaired) electrons. The van der Waals surface area contributed by atoms with E-state index in [1.807, 2.05) is 12.1 Å². The van der Waals surface area contributed by atoms with Crippen molar-refractivity contribution in [1.82, 2.24) is 16.0 Å². The SMILES string of the molecule is O=C1CCC(CNC(=O)[C@@H]2Cc3ccccc3CN2)N1. The van der Waals surface area contributed by atoms with Crippen LogP contribution in [-0.2, 0) is 22.6 Å². The smallest absolute Gasteiger partial charge is 0.237 e. The first kappa shape index (κ1) is 13.1. The summed E-state index contributed by atoms with van der Waals surface area (Å²) in [6, 6.07) is 8.10. The van der Waals surface area contributed by atoms with Gasteiger partial charge in [-0.3, -0.25) is 9.59 Å². The maximum atomic E-state index is 12.2.